The van der Waals surface area contributed by atoms with Gasteiger partial charge < -0.3 is 0 Å². The van der Waals surface area contributed by atoms with Gasteiger partial charge in [-0.25, -0.2) is 9.37 Å². The van der Waals surface area contributed by atoms with Crippen molar-refractivity contribution in [3.8, 4) is 10.4 Å². The molecular weight excluding hydrogens is 312 g/mol. The Morgan fingerprint density at radius 2 is 1.93 bits per heavy atom. The molecule has 0 aliphatic rings. The Bertz CT molecular complexity index is 450. The predicted octanol–water partition coefficient (Wildman–Crippen LogP) is 3.86. The van der Waals surface area contributed by atoms with Crippen molar-refractivity contribution in [2.75, 3.05) is 0 Å². The van der Waals surface area contributed by atoms with Crippen molar-refractivity contribution in [2.45, 2.75) is 6.92 Å². The van der Waals surface area contributed by atoms with E-state index >= 15 is 0 Å². The van der Waals surface area contributed by atoms with E-state index < -0.39 is 0 Å². The van der Waals surface area contributed by atoms with Crippen LogP contribution in [0.15, 0.2) is 24.3 Å². The maximum absolute atomic E-state index is 12.7. The van der Waals surface area contributed by atoms with Gasteiger partial charge in [0.1, 0.15) is 5.82 Å². The quantitative estimate of drug-likeness (QED) is 0.727. The molecule has 4 heteroatoms. The average molecular weight is 319 g/mol. The summed E-state index contributed by atoms with van der Waals surface area (Å²) in [6.07, 6.45) is 0. The molecule has 0 spiro atoms. The number of benzene rings is 1. The highest BCUT2D eigenvalue weighted by atomic mass is 127. The van der Waals surface area contributed by atoms with E-state index in [0.717, 1.165) is 19.1 Å². The lowest BCUT2D eigenvalue weighted by Gasteiger charge is -1.97. The molecule has 0 aliphatic heterocycles. The third kappa shape index (κ3) is 1.95. The zero-order chi connectivity index (χ0) is 10.1. The Balaban J connectivity index is 2.49. The summed E-state index contributed by atoms with van der Waals surface area (Å²) in [4.78, 5) is 5.44. The minimum Gasteiger partial charge on any atom is -0.235 e. The van der Waals surface area contributed by atoms with E-state index in [2.05, 4.69) is 27.6 Å². The molecule has 0 amide bonds. The first kappa shape index (κ1) is 10.0. The lowest BCUT2D eigenvalue weighted by Crippen LogP contribution is -1.78. The van der Waals surface area contributed by atoms with Gasteiger partial charge in [-0.05, 0) is 47.2 Å². The lowest BCUT2D eigenvalue weighted by molar-refractivity contribution is 0.628. The van der Waals surface area contributed by atoms with E-state index in [1.165, 1.54) is 12.1 Å². The minimum absolute atomic E-state index is 0.203. The van der Waals surface area contributed by atoms with Gasteiger partial charge in [-0.15, -0.1) is 11.3 Å². The molecule has 0 saturated heterocycles. The van der Waals surface area contributed by atoms with E-state index in [1.807, 2.05) is 6.92 Å². The van der Waals surface area contributed by atoms with Crippen molar-refractivity contribution in [3.05, 3.63) is 38.8 Å². The molecule has 72 valence electrons. The molecule has 0 atom stereocenters. The fourth-order valence-electron chi connectivity index (χ4n) is 1.23. The number of hydrogen-bond acceptors (Lipinski definition) is 2. The number of thiazole rings is 1. The van der Waals surface area contributed by atoms with Crippen molar-refractivity contribution in [1.82, 2.24) is 4.98 Å². The van der Waals surface area contributed by atoms with Gasteiger partial charge in [0.15, 0.2) is 3.01 Å². The van der Waals surface area contributed by atoms with Gasteiger partial charge in [0.05, 0.1) is 10.6 Å². The molecule has 1 aromatic carbocycles. The first-order valence-corrected chi connectivity index (χ1v) is 5.95. The Morgan fingerprint density at radius 1 is 1.29 bits per heavy atom. The fraction of sp³-hybridized carbons (Fsp3) is 0.100. The van der Waals surface area contributed by atoms with Crippen LogP contribution in [0.5, 0.6) is 0 Å². The largest absolute Gasteiger partial charge is 0.235 e. The maximum Gasteiger partial charge on any atom is 0.154 e. The van der Waals surface area contributed by atoms with Crippen LogP contribution in [0.1, 0.15) is 5.69 Å². The Morgan fingerprint density at radius 3 is 2.43 bits per heavy atom. The van der Waals surface area contributed by atoms with Crippen LogP contribution in [0, 0.1) is 15.8 Å². The van der Waals surface area contributed by atoms with Crippen LogP contribution in [-0.4, -0.2) is 4.98 Å². The summed E-state index contributed by atoms with van der Waals surface area (Å²) in [5.41, 5.74) is 2.04. The minimum atomic E-state index is -0.203. The molecule has 14 heavy (non-hydrogen) atoms. The van der Waals surface area contributed by atoms with E-state index in [4.69, 9.17) is 0 Å². The highest BCUT2D eigenvalue weighted by Crippen LogP contribution is 2.30. The Hall–Kier alpha value is -0.490. The van der Waals surface area contributed by atoms with Crippen molar-refractivity contribution in [1.29, 1.82) is 0 Å². The SMILES string of the molecule is Cc1nc(I)sc1-c1ccc(F)cc1. The third-order valence-electron chi connectivity index (χ3n) is 1.88. The van der Waals surface area contributed by atoms with Crippen LogP contribution in [-0.2, 0) is 0 Å². The fourth-order valence-corrected chi connectivity index (χ4v) is 3.05. The van der Waals surface area contributed by atoms with Gasteiger partial charge in [-0.3, -0.25) is 0 Å². The second kappa shape index (κ2) is 3.94. The molecule has 2 rings (SSSR count). The van der Waals surface area contributed by atoms with Gasteiger partial charge in [0.25, 0.3) is 0 Å². The van der Waals surface area contributed by atoms with E-state index in [9.17, 15) is 4.39 Å². The lowest BCUT2D eigenvalue weighted by atomic mass is 10.1. The highest BCUT2D eigenvalue weighted by molar-refractivity contribution is 14.1. The summed E-state index contributed by atoms with van der Waals surface area (Å²) in [5, 5.41) is 0. The van der Waals surface area contributed by atoms with Gasteiger partial charge in [0.2, 0.25) is 0 Å². The zero-order valence-corrected chi connectivity index (χ0v) is 10.4. The number of aromatic nitrogens is 1. The van der Waals surface area contributed by atoms with Crippen LogP contribution >= 0.6 is 33.9 Å². The van der Waals surface area contributed by atoms with Gasteiger partial charge in [-0.2, -0.15) is 0 Å². The topological polar surface area (TPSA) is 12.9 Å². The molecule has 0 bridgehead atoms. The Labute approximate surface area is 99.1 Å². The predicted molar refractivity (Wildman–Crippen MR) is 65.0 cm³/mol. The zero-order valence-electron chi connectivity index (χ0n) is 7.42. The molecule has 0 aliphatic carbocycles. The van der Waals surface area contributed by atoms with Crippen molar-refractivity contribution < 1.29 is 4.39 Å². The number of hydrogen-bond donors (Lipinski definition) is 0. The molecule has 0 saturated carbocycles. The molecule has 1 nitrogen and oxygen atoms in total. The smallest absolute Gasteiger partial charge is 0.154 e. The highest BCUT2D eigenvalue weighted by Gasteiger charge is 2.07. The van der Waals surface area contributed by atoms with Crippen LogP contribution in [0.4, 0.5) is 4.39 Å². The summed E-state index contributed by atoms with van der Waals surface area (Å²) in [6.45, 7) is 1.97. The van der Waals surface area contributed by atoms with E-state index in [-0.39, 0.29) is 5.82 Å². The molecule has 1 heterocycles. The average Bonchev–Trinajstić information content (AvgIpc) is 2.47. The molecule has 2 aromatic rings. The molecule has 0 radical (unpaired) electrons. The summed E-state index contributed by atoms with van der Waals surface area (Å²) >= 11 is 3.82. The first-order valence-electron chi connectivity index (χ1n) is 4.05. The molecule has 0 N–H and O–H groups in total. The second-order valence-electron chi connectivity index (χ2n) is 2.89. The van der Waals surface area contributed by atoms with Gasteiger partial charge >= 0.3 is 0 Å². The summed E-state index contributed by atoms with van der Waals surface area (Å²) in [7, 11) is 0. The normalized spacial score (nSPS) is 10.5. The standard InChI is InChI=1S/C10H7FINS/c1-6-9(14-10(12)13-6)7-2-4-8(11)5-3-7/h2-5H,1H3. The van der Waals surface area contributed by atoms with Gasteiger partial charge in [-0.1, -0.05) is 12.1 Å². The number of nitrogens with zero attached hydrogens (tertiary/aromatic N) is 1. The molecule has 0 unspecified atom stereocenters. The van der Waals surface area contributed by atoms with Crippen LogP contribution in [0.3, 0.4) is 0 Å². The van der Waals surface area contributed by atoms with E-state index in [0.29, 0.717) is 0 Å². The number of halogens is 2. The van der Waals surface area contributed by atoms with Gasteiger partial charge in [0, 0.05) is 0 Å². The van der Waals surface area contributed by atoms with Crippen LogP contribution in [0.25, 0.3) is 10.4 Å². The van der Waals surface area contributed by atoms with E-state index in [1.54, 1.807) is 23.5 Å². The maximum atomic E-state index is 12.7. The van der Waals surface area contributed by atoms with Crippen LogP contribution in [0.2, 0.25) is 0 Å². The second-order valence-corrected chi connectivity index (χ2v) is 5.64. The molecular formula is C10H7FINS. The van der Waals surface area contributed by atoms with Crippen LogP contribution < -0.4 is 0 Å². The molecule has 0 fully saturated rings. The van der Waals surface area contributed by atoms with Crippen molar-refractivity contribution >= 4 is 33.9 Å². The summed E-state index contributed by atoms with van der Waals surface area (Å²) in [5.74, 6) is -0.203. The van der Waals surface area contributed by atoms with Crippen molar-refractivity contribution in [3.63, 3.8) is 0 Å². The monoisotopic (exact) mass is 319 g/mol. The van der Waals surface area contributed by atoms with Crippen molar-refractivity contribution in [2.24, 2.45) is 0 Å². The summed E-state index contributed by atoms with van der Waals surface area (Å²) in [6, 6.07) is 6.51. The molecule has 1 aromatic heterocycles. The summed E-state index contributed by atoms with van der Waals surface area (Å²) < 4.78 is 13.7. The number of rotatable bonds is 1. The number of aryl methyl sites for hydroxylation is 1. The third-order valence-corrected chi connectivity index (χ3v) is 3.77. The Kier molecular flexibility index (Phi) is 2.83. The first-order chi connectivity index (χ1) is 6.66.